The summed E-state index contributed by atoms with van der Waals surface area (Å²) < 4.78 is 12.2. The molecule has 0 amide bonds. The molecule has 2 heterocycles. The molecule has 4 nitrogen and oxygen atoms in total. The van der Waals surface area contributed by atoms with Crippen LogP contribution in [0.2, 0.25) is 0 Å². The topological polar surface area (TPSA) is 55.5 Å². The number of hydrogen-bond donors (Lipinski definition) is 1. The Balaban J connectivity index is 1.90. The molecule has 0 atom stereocenters. The lowest BCUT2D eigenvalue weighted by Crippen LogP contribution is -2.37. The number of pyridine rings is 1. The van der Waals surface area contributed by atoms with Gasteiger partial charge in [-0.2, -0.15) is 0 Å². The Kier molecular flexibility index (Phi) is 4.80. The van der Waals surface area contributed by atoms with E-state index in [-0.39, 0.29) is 0 Å². The van der Waals surface area contributed by atoms with Crippen molar-refractivity contribution >= 4 is 11.0 Å². The molecule has 0 spiro atoms. The number of benzene rings is 1. The lowest BCUT2D eigenvalue weighted by Gasteiger charge is -2.32. The average molecular weight is 353 g/mol. The van der Waals surface area contributed by atoms with Gasteiger partial charge in [0, 0.05) is 29.6 Å². The van der Waals surface area contributed by atoms with Crippen molar-refractivity contribution < 1.29 is 14.3 Å². The van der Waals surface area contributed by atoms with Gasteiger partial charge in [0.25, 0.3) is 0 Å². The molecule has 0 saturated heterocycles. The molecule has 0 bridgehead atoms. The monoisotopic (exact) mass is 353 g/mol. The molecule has 4 heteroatoms. The van der Waals surface area contributed by atoms with Gasteiger partial charge in [0.2, 0.25) is 0 Å². The fourth-order valence-electron chi connectivity index (χ4n) is 3.55. The van der Waals surface area contributed by atoms with Gasteiger partial charge in [0.1, 0.15) is 22.7 Å². The van der Waals surface area contributed by atoms with Gasteiger partial charge in [-0.25, -0.2) is 0 Å². The van der Waals surface area contributed by atoms with Crippen LogP contribution in [0.25, 0.3) is 22.3 Å². The second kappa shape index (κ2) is 6.76. The highest BCUT2D eigenvalue weighted by molar-refractivity contribution is 5.84. The number of nitrogens with zero attached hydrogens (tertiary/aromatic N) is 1. The van der Waals surface area contributed by atoms with E-state index in [2.05, 4.69) is 11.9 Å². The van der Waals surface area contributed by atoms with E-state index in [1.807, 2.05) is 56.4 Å². The normalized spacial score (nSPS) is 12.5. The number of aliphatic hydroxyl groups is 1. The van der Waals surface area contributed by atoms with Crippen molar-refractivity contribution in [2.45, 2.75) is 58.7 Å². The van der Waals surface area contributed by atoms with E-state index >= 15 is 0 Å². The molecule has 0 aliphatic rings. The number of fused-ring (bicyclic) bond motifs is 1. The third-order valence-electron chi connectivity index (χ3n) is 4.23. The highest BCUT2D eigenvalue weighted by Crippen LogP contribution is 2.33. The minimum atomic E-state index is -0.789. The van der Waals surface area contributed by atoms with E-state index in [1.165, 1.54) is 0 Å². The van der Waals surface area contributed by atoms with Crippen LogP contribution >= 0.6 is 0 Å². The van der Waals surface area contributed by atoms with Crippen molar-refractivity contribution in [2.75, 3.05) is 0 Å². The van der Waals surface area contributed by atoms with Crippen LogP contribution < -0.4 is 4.74 Å². The molecule has 0 unspecified atom stereocenters. The Labute approximate surface area is 154 Å². The fourth-order valence-corrected chi connectivity index (χ4v) is 3.55. The quantitative estimate of drug-likeness (QED) is 0.647. The van der Waals surface area contributed by atoms with Crippen LogP contribution in [-0.4, -0.2) is 21.3 Å². The molecule has 0 saturated carbocycles. The largest absolute Gasteiger partial charge is 0.488 e. The number of rotatable bonds is 6. The summed E-state index contributed by atoms with van der Waals surface area (Å²) in [6, 6.07) is 11.9. The summed E-state index contributed by atoms with van der Waals surface area (Å²) in [5.74, 6) is 1.55. The fraction of sp³-hybridized carbons (Fsp3) is 0.409. The summed E-state index contributed by atoms with van der Waals surface area (Å²) in [5.41, 5.74) is 1.55. The third kappa shape index (κ3) is 4.25. The predicted molar refractivity (Wildman–Crippen MR) is 104 cm³/mol. The second-order valence-corrected chi connectivity index (χ2v) is 8.01. The first-order valence-corrected chi connectivity index (χ1v) is 9.06. The first-order valence-electron chi connectivity index (χ1n) is 9.06. The number of hydrogen-bond acceptors (Lipinski definition) is 4. The second-order valence-electron chi connectivity index (χ2n) is 8.01. The molecule has 1 N–H and O–H groups in total. The molecule has 0 fully saturated rings. The van der Waals surface area contributed by atoms with Crippen LogP contribution in [-0.2, 0) is 6.42 Å². The maximum atomic E-state index is 10.1. The summed E-state index contributed by atoms with van der Waals surface area (Å²) in [6.45, 7) is 9.63. The molecule has 1 aromatic carbocycles. The van der Waals surface area contributed by atoms with E-state index in [0.717, 1.165) is 40.2 Å². The van der Waals surface area contributed by atoms with Crippen LogP contribution in [0.5, 0.6) is 5.75 Å². The van der Waals surface area contributed by atoms with Crippen molar-refractivity contribution in [3.63, 3.8) is 0 Å². The molecule has 0 radical (unpaired) electrons. The first kappa shape index (κ1) is 18.5. The summed E-state index contributed by atoms with van der Waals surface area (Å²) in [6.07, 6.45) is 3.19. The lowest BCUT2D eigenvalue weighted by atomic mass is 9.92. The number of ether oxygens (including phenoxy) is 1. The van der Waals surface area contributed by atoms with Gasteiger partial charge in [0.05, 0.1) is 11.3 Å². The molecule has 26 heavy (non-hydrogen) atoms. The molecule has 0 aliphatic heterocycles. The average Bonchev–Trinajstić information content (AvgIpc) is 2.95. The molecule has 3 rings (SSSR count). The van der Waals surface area contributed by atoms with Crippen molar-refractivity contribution in [1.29, 1.82) is 0 Å². The third-order valence-corrected chi connectivity index (χ3v) is 4.23. The van der Waals surface area contributed by atoms with Crippen molar-refractivity contribution in [2.24, 2.45) is 0 Å². The molecular formula is C22H27NO3. The van der Waals surface area contributed by atoms with Gasteiger partial charge < -0.3 is 14.3 Å². The van der Waals surface area contributed by atoms with Gasteiger partial charge in [0.15, 0.2) is 0 Å². The van der Waals surface area contributed by atoms with Crippen molar-refractivity contribution in [3.05, 3.63) is 48.3 Å². The van der Waals surface area contributed by atoms with Crippen LogP contribution in [0.15, 0.2) is 47.0 Å². The first-order chi connectivity index (χ1) is 12.2. The highest BCUT2D eigenvalue weighted by Gasteiger charge is 2.28. The Morgan fingerprint density at radius 3 is 2.58 bits per heavy atom. The van der Waals surface area contributed by atoms with E-state index in [4.69, 9.17) is 9.15 Å². The number of aromatic nitrogens is 1. The summed E-state index contributed by atoms with van der Waals surface area (Å²) in [4.78, 5) is 4.44. The van der Waals surface area contributed by atoms with Gasteiger partial charge in [-0.3, -0.25) is 4.98 Å². The van der Waals surface area contributed by atoms with Crippen LogP contribution in [0, 0.1) is 0 Å². The number of furan rings is 1. The van der Waals surface area contributed by atoms with Crippen molar-refractivity contribution in [1.82, 2.24) is 4.98 Å². The summed E-state index contributed by atoms with van der Waals surface area (Å²) in [7, 11) is 0. The minimum absolute atomic E-state index is 0.486. The highest BCUT2D eigenvalue weighted by atomic mass is 16.5. The van der Waals surface area contributed by atoms with Gasteiger partial charge >= 0.3 is 0 Å². The minimum Gasteiger partial charge on any atom is -0.488 e. The van der Waals surface area contributed by atoms with E-state index in [1.54, 1.807) is 13.8 Å². The molecule has 2 aromatic heterocycles. The zero-order valence-corrected chi connectivity index (χ0v) is 16.2. The van der Waals surface area contributed by atoms with Crippen molar-refractivity contribution in [3.8, 4) is 17.1 Å². The van der Waals surface area contributed by atoms with E-state index in [0.29, 0.717) is 6.42 Å². The SMILES string of the molecule is CCc1ncccc1-c1cc2ccc(OC(C)(C)CC(C)(C)O)cc2o1. The Bertz CT molecular complexity index is 903. The number of aryl methyl sites for hydroxylation is 1. The maximum absolute atomic E-state index is 10.1. The molecule has 3 aromatic rings. The van der Waals surface area contributed by atoms with Gasteiger partial charge in [-0.1, -0.05) is 6.92 Å². The predicted octanol–water partition coefficient (Wildman–Crippen LogP) is 5.38. The standard InChI is InChI=1S/C22H27NO3/c1-6-18-17(8-7-11-23-18)20-12-15-9-10-16(13-19(15)25-20)26-22(4,5)14-21(2,3)24/h7-13,24H,6,14H2,1-5H3. The van der Waals surface area contributed by atoms with Crippen LogP contribution in [0.4, 0.5) is 0 Å². The van der Waals surface area contributed by atoms with E-state index < -0.39 is 11.2 Å². The molecule has 0 aliphatic carbocycles. The Morgan fingerprint density at radius 2 is 1.88 bits per heavy atom. The van der Waals surface area contributed by atoms with Gasteiger partial charge in [-0.05, 0) is 64.4 Å². The van der Waals surface area contributed by atoms with Crippen LogP contribution in [0.3, 0.4) is 0 Å². The zero-order valence-electron chi connectivity index (χ0n) is 16.2. The smallest absolute Gasteiger partial charge is 0.138 e. The summed E-state index contributed by atoms with van der Waals surface area (Å²) in [5, 5.41) is 11.1. The van der Waals surface area contributed by atoms with E-state index in [9.17, 15) is 5.11 Å². The Hall–Kier alpha value is -2.33. The summed E-state index contributed by atoms with van der Waals surface area (Å²) >= 11 is 0. The lowest BCUT2D eigenvalue weighted by molar-refractivity contribution is -0.0106. The molecule has 138 valence electrons. The Morgan fingerprint density at radius 1 is 1.12 bits per heavy atom. The zero-order chi connectivity index (χ0) is 18.9. The maximum Gasteiger partial charge on any atom is 0.138 e. The van der Waals surface area contributed by atoms with Crippen LogP contribution in [0.1, 0.15) is 46.7 Å². The van der Waals surface area contributed by atoms with Gasteiger partial charge in [-0.15, -0.1) is 0 Å². The molecular weight excluding hydrogens is 326 g/mol.